The first-order valence-electron chi connectivity index (χ1n) is 24.7. The minimum Gasteiger partial charge on any atom is -0.313 e. The van der Waals surface area contributed by atoms with Crippen molar-refractivity contribution < 1.29 is 0 Å². The molecule has 0 saturated heterocycles. The van der Waals surface area contributed by atoms with Gasteiger partial charge < -0.3 is 22.8 Å². The van der Waals surface area contributed by atoms with Crippen LogP contribution in [0.5, 0.6) is 0 Å². The summed E-state index contributed by atoms with van der Waals surface area (Å²) in [6.07, 6.45) is 8.83. The van der Waals surface area contributed by atoms with Crippen molar-refractivity contribution >= 4 is 115 Å². The molecule has 0 saturated carbocycles. The summed E-state index contributed by atoms with van der Waals surface area (Å²) < 4.78 is 12.4. The third-order valence-electron chi connectivity index (χ3n) is 15.5. The molecular formula is C66H43N5. The molecule has 1 aliphatic rings. The van der Waals surface area contributed by atoms with E-state index >= 15 is 0 Å². The maximum Gasteiger partial charge on any atom is 0.0641 e. The molecule has 0 fully saturated rings. The predicted molar refractivity (Wildman–Crippen MR) is 299 cm³/mol. The van der Waals surface area contributed by atoms with Crippen LogP contribution >= 0.6 is 0 Å². The Labute approximate surface area is 407 Å². The predicted octanol–water partition coefficient (Wildman–Crippen LogP) is 17.4. The van der Waals surface area contributed by atoms with Crippen LogP contribution in [0.2, 0.25) is 0 Å². The van der Waals surface area contributed by atoms with Crippen LogP contribution in [0, 0.1) is 0 Å². The highest BCUT2D eigenvalue weighted by molar-refractivity contribution is 6.31. The SMILES string of the molecule is C1=CCCC(n2c3ccccc3c3cc(-n4c5ccccc5c5c4ccc4c6ccc7c(c8ccccc8n7-c7cccc(-n8c9ccccc9c9ccccc98)c7)c6n(-c6ccccc6)c45)ccc32)=C1. The van der Waals surface area contributed by atoms with Crippen molar-refractivity contribution in [2.75, 3.05) is 0 Å². The Bertz CT molecular complexity index is 4760. The van der Waals surface area contributed by atoms with E-state index in [9.17, 15) is 0 Å². The van der Waals surface area contributed by atoms with E-state index in [4.69, 9.17) is 0 Å². The summed E-state index contributed by atoms with van der Waals surface area (Å²) >= 11 is 0. The van der Waals surface area contributed by atoms with Crippen LogP contribution in [0.15, 0.2) is 237 Å². The number of allylic oxidation sites excluding steroid dienone is 4. The summed E-state index contributed by atoms with van der Waals surface area (Å²) in [5, 5.41) is 12.5. The molecule has 332 valence electrons. The minimum absolute atomic E-state index is 1.02. The number of hydrogen-bond acceptors (Lipinski definition) is 0. The lowest BCUT2D eigenvalue weighted by molar-refractivity contribution is 0.979. The van der Waals surface area contributed by atoms with E-state index in [0.717, 1.165) is 35.6 Å². The van der Waals surface area contributed by atoms with Crippen molar-refractivity contribution in [2.24, 2.45) is 0 Å². The summed E-state index contributed by atoms with van der Waals surface area (Å²) in [6, 6.07) is 81.0. The third-order valence-corrected chi connectivity index (χ3v) is 15.5. The van der Waals surface area contributed by atoms with Crippen LogP contribution in [0.25, 0.3) is 137 Å². The summed E-state index contributed by atoms with van der Waals surface area (Å²) in [5.41, 5.74) is 17.9. The van der Waals surface area contributed by atoms with Crippen LogP contribution < -0.4 is 0 Å². The summed E-state index contributed by atoms with van der Waals surface area (Å²) in [5.74, 6) is 0. The van der Waals surface area contributed by atoms with Crippen LogP contribution in [0.1, 0.15) is 12.8 Å². The van der Waals surface area contributed by atoms with Crippen molar-refractivity contribution in [1.82, 2.24) is 22.8 Å². The Morgan fingerprint density at radius 3 is 1.24 bits per heavy atom. The zero-order valence-corrected chi connectivity index (χ0v) is 38.7. The highest BCUT2D eigenvalue weighted by atomic mass is 15.0. The van der Waals surface area contributed by atoms with Gasteiger partial charge in [-0.2, -0.15) is 0 Å². The molecule has 0 aliphatic heterocycles. The molecule has 0 radical (unpaired) electrons. The monoisotopic (exact) mass is 905 g/mol. The number of fused-ring (bicyclic) bond motifs is 17. The maximum atomic E-state index is 2.57. The largest absolute Gasteiger partial charge is 0.313 e. The third kappa shape index (κ3) is 5.29. The Balaban J connectivity index is 0.984. The first-order valence-corrected chi connectivity index (χ1v) is 24.7. The Morgan fingerprint density at radius 2 is 0.690 bits per heavy atom. The van der Waals surface area contributed by atoms with Crippen LogP contribution in [-0.2, 0) is 0 Å². The molecule has 16 rings (SSSR count). The molecule has 0 bridgehead atoms. The van der Waals surface area contributed by atoms with E-state index < -0.39 is 0 Å². The molecule has 10 aromatic carbocycles. The maximum absolute atomic E-state index is 2.57. The van der Waals surface area contributed by atoms with E-state index in [1.54, 1.807) is 0 Å². The lowest BCUT2D eigenvalue weighted by atomic mass is 10.1. The van der Waals surface area contributed by atoms with Gasteiger partial charge in [-0.05, 0) is 110 Å². The van der Waals surface area contributed by atoms with Gasteiger partial charge in [-0.25, -0.2) is 0 Å². The molecule has 5 heterocycles. The fourth-order valence-corrected chi connectivity index (χ4v) is 12.6. The number of rotatable bonds is 5. The van der Waals surface area contributed by atoms with Crippen molar-refractivity contribution in [3.8, 4) is 22.7 Å². The zero-order chi connectivity index (χ0) is 46.3. The normalized spacial score (nSPS) is 13.3. The molecule has 5 nitrogen and oxygen atoms in total. The van der Waals surface area contributed by atoms with Gasteiger partial charge in [-0.15, -0.1) is 0 Å². The molecule has 0 unspecified atom stereocenters. The Morgan fingerprint density at radius 1 is 0.268 bits per heavy atom. The lowest BCUT2D eigenvalue weighted by Crippen LogP contribution is -1.99. The Kier molecular flexibility index (Phi) is 7.94. The molecule has 0 spiro atoms. The van der Waals surface area contributed by atoms with Gasteiger partial charge in [-0.3, -0.25) is 0 Å². The average Bonchev–Trinajstić information content (AvgIpc) is 4.23. The number of para-hydroxylation sites is 6. The van der Waals surface area contributed by atoms with Gasteiger partial charge in [0.15, 0.2) is 0 Å². The molecule has 0 N–H and O–H groups in total. The summed E-state index contributed by atoms with van der Waals surface area (Å²) in [7, 11) is 0. The standard InChI is InChI=1S/C66H43N5/c1-3-18-42(19-4-1)67-57-31-14-9-26-49(57)54-41-46(34-37-60(54)67)70-59-33-16-11-28-53(59)64-62(70)39-36-51-50-35-38-61-63(65(50)71(66(51)64)43-20-5-2-6-21-43)52-27-10-15-32-58(52)69(61)45-23-17-22-44(40-45)68-55-29-12-7-24-47(55)48-25-8-13-30-56(48)68/h1-3,5-18,20-41H,4,19H2. The van der Waals surface area contributed by atoms with Gasteiger partial charge in [0, 0.05) is 82.3 Å². The summed E-state index contributed by atoms with van der Waals surface area (Å²) in [6.45, 7) is 0. The van der Waals surface area contributed by atoms with Gasteiger partial charge in [-0.1, -0.05) is 140 Å². The average molecular weight is 906 g/mol. The number of nitrogens with zero attached hydrogens (tertiary/aromatic N) is 5. The number of aromatic nitrogens is 5. The topological polar surface area (TPSA) is 24.6 Å². The van der Waals surface area contributed by atoms with Crippen LogP contribution in [-0.4, -0.2) is 22.8 Å². The van der Waals surface area contributed by atoms with Crippen molar-refractivity contribution in [1.29, 1.82) is 0 Å². The first kappa shape index (κ1) is 38.6. The van der Waals surface area contributed by atoms with E-state index in [1.165, 1.54) is 115 Å². The quantitative estimate of drug-likeness (QED) is 0.164. The van der Waals surface area contributed by atoms with Crippen LogP contribution in [0.4, 0.5) is 0 Å². The molecular weight excluding hydrogens is 863 g/mol. The fourth-order valence-electron chi connectivity index (χ4n) is 12.6. The van der Waals surface area contributed by atoms with Crippen molar-refractivity contribution in [3.05, 3.63) is 237 Å². The first-order chi connectivity index (χ1) is 35.3. The van der Waals surface area contributed by atoms with Crippen molar-refractivity contribution in [3.63, 3.8) is 0 Å². The molecule has 5 heteroatoms. The highest BCUT2D eigenvalue weighted by Crippen LogP contribution is 2.47. The van der Waals surface area contributed by atoms with Gasteiger partial charge in [0.2, 0.25) is 0 Å². The molecule has 1 aliphatic carbocycles. The number of benzene rings is 10. The second-order valence-electron chi connectivity index (χ2n) is 19.2. The van der Waals surface area contributed by atoms with Gasteiger partial charge in [0.1, 0.15) is 0 Å². The lowest BCUT2D eigenvalue weighted by Gasteiger charge is -2.14. The van der Waals surface area contributed by atoms with Gasteiger partial charge >= 0.3 is 0 Å². The second-order valence-corrected chi connectivity index (χ2v) is 19.2. The molecule has 5 aromatic heterocycles. The minimum atomic E-state index is 1.02. The molecule has 0 atom stereocenters. The van der Waals surface area contributed by atoms with Crippen molar-refractivity contribution in [2.45, 2.75) is 12.8 Å². The fraction of sp³-hybridized carbons (Fsp3) is 0.0303. The number of hydrogen-bond donors (Lipinski definition) is 0. The zero-order valence-electron chi connectivity index (χ0n) is 38.7. The van der Waals surface area contributed by atoms with Gasteiger partial charge in [0.25, 0.3) is 0 Å². The Hall–Kier alpha value is -9.32. The molecule has 15 aromatic rings. The van der Waals surface area contributed by atoms with E-state index in [0.29, 0.717) is 0 Å². The van der Waals surface area contributed by atoms with E-state index in [-0.39, 0.29) is 0 Å². The molecule has 0 amide bonds. The second kappa shape index (κ2) is 14.6. The smallest absolute Gasteiger partial charge is 0.0641 e. The molecule has 71 heavy (non-hydrogen) atoms. The van der Waals surface area contributed by atoms with Gasteiger partial charge in [0.05, 0.1) is 55.2 Å². The summed E-state index contributed by atoms with van der Waals surface area (Å²) in [4.78, 5) is 0. The van der Waals surface area contributed by atoms with E-state index in [1.807, 2.05) is 0 Å². The van der Waals surface area contributed by atoms with Crippen LogP contribution in [0.3, 0.4) is 0 Å². The van der Waals surface area contributed by atoms with E-state index in [2.05, 4.69) is 259 Å². The highest BCUT2D eigenvalue weighted by Gasteiger charge is 2.26.